The van der Waals surface area contributed by atoms with E-state index in [-0.39, 0.29) is 22.2 Å². The molecule has 0 aliphatic rings. The zero-order valence-electron chi connectivity index (χ0n) is 17.8. The van der Waals surface area contributed by atoms with E-state index in [2.05, 4.69) is 15.0 Å². The van der Waals surface area contributed by atoms with Crippen LogP contribution in [-0.2, 0) is 10.0 Å². The van der Waals surface area contributed by atoms with Crippen molar-refractivity contribution >= 4 is 44.3 Å². The molecule has 0 saturated carbocycles. The Labute approximate surface area is 199 Å². The number of rotatable bonds is 7. The Morgan fingerprint density at radius 1 is 1.00 bits per heavy atom. The fourth-order valence-corrected chi connectivity index (χ4v) is 4.84. The first-order valence-electron chi connectivity index (χ1n) is 9.92. The minimum absolute atomic E-state index is 0.215. The van der Waals surface area contributed by atoms with Crippen LogP contribution in [0.15, 0.2) is 83.2 Å². The third-order valence-corrected chi connectivity index (χ3v) is 7.11. The smallest absolute Gasteiger partial charge is 0.273 e. The predicted octanol–water partition coefficient (Wildman–Crippen LogP) is 5.08. The first kappa shape index (κ1) is 23.1. The van der Waals surface area contributed by atoms with Crippen LogP contribution in [0, 0.1) is 17.0 Å². The number of sulfonamides is 1. The molecule has 2 N–H and O–H groups in total. The van der Waals surface area contributed by atoms with Crippen LogP contribution in [0.2, 0.25) is 0 Å². The van der Waals surface area contributed by atoms with Gasteiger partial charge in [-0.3, -0.25) is 19.6 Å². The average Bonchev–Trinajstić information content (AvgIpc) is 3.35. The van der Waals surface area contributed by atoms with Gasteiger partial charge in [0.2, 0.25) is 0 Å². The van der Waals surface area contributed by atoms with Crippen LogP contribution in [0.4, 0.5) is 17.1 Å². The van der Waals surface area contributed by atoms with E-state index in [9.17, 15) is 23.3 Å². The first-order chi connectivity index (χ1) is 16.2. The lowest BCUT2D eigenvalue weighted by Crippen LogP contribution is -2.14. The number of aryl methyl sites for hydroxylation is 1. The van der Waals surface area contributed by atoms with Crippen LogP contribution in [-0.4, -0.2) is 24.2 Å². The van der Waals surface area contributed by atoms with Gasteiger partial charge in [-0.1, -0.05) is 6.07 Å². The predicted molar refractivity (Wildman–Crippen MR) is 131 cm³/mol. The molecule has 0 bridgehead atoms. The molecule has 172 valence electrons. The number of hydrogen-bond donors (Lipinski definition) is 2. The molecular formula is C23H18N4O5S2. The van der Waals surface area contributed by atoms with E-state index in [1.54, 1.807) is 18.3 Å². The van der Waals surface area contributed by atoms with Crippen molar-refractivity contribution in [1.29, 1.82) is 0 Å². The molecule has 0 fully saturated rings. The van der Waals surface area contributed by atoms with Crippen molar-refractivity contribution in [3.05, 3.63) is 99.5 Å². The molecule has 0 atom stereocenters. The molecule has 0 aliphatic heterocycles. The van der Waals surface area contributed by atoms with E-state index < -0.39 is 14.9 Å². The summed E-state index contributed by atoms with van der Waals surface area (Å²) in [7, 11) is -4.05. The van der Waals surface area contributed by atoms with E-state index >= 15 is 0 Å². The molecule has 4 aromatic rings. The highest BCUT2D eigenvalue weighted by Crippen LogP contribution is 2.25. The van der Waals surface area contributed by atoms with Crippen molar-refractivity contribution in [1.82, 2.24) is 4.98 Å². The van der Waals surface area contributed by atoms with Gasteiger partial charge in [0.25, 0.3) is 21.6 Å². The molecule has 9 nitrogen and oxygen atoms in total. The van der Waals surface area contributed by atoms with Crippen LogP contribution < -0.4 is 10.0 Å². The number of aromatic nitrogens is 1. The summed E-state index contributed by atoms with van der Waals surface area (Å²) in [4.78, 5) is 27.1. The van der Waals surface area contributed by atoms with Crippen LogP contribution in [0.25, 0.3) is 10.6 Å². The molecule has 3 aromatic carbocycles. The number of carbonyl (C=O) groups is 1. The van der Waals surface area contributed by atoms with E-state index in [4.69, 9.17) is 0 Å². The van der Waals surface area contributed by atoms with E-state index in [0.29, 0.717) is 16.8 Å². The van der Waals surface area contributed by atoms with E-state index in [0.717, 1.165) is 16.6 Å². The zero-order chi connectivity index (χ0) is 24.3. The lowest BCUT2D eigenvalue weighted by atomic mass is 10.1. The maximum absolute atomic E-state index is 12.6. The molecule has 34 heavy (non-hydrogen) atoms. The van der Waals surface area contributed by atoms with Gasteiger partial charge in [0.1, 0.15) is 5.01 Å². The summed E-state index contributed by atoms with van der Waals surface area (Å²) in [6.45, 7) is 1.53. The van der Waals surface area contributed by atoms with Crippen molar-refractivity contribution in [2.24, 2.45) is 0 Å². The highest BCUT2D eigenvalue weighted by atomic mass is 32.2. The maximum atomic E-state index is 12.6. The fourth-order valence-electron chi connectivity index (χ4n) is 3.12. The van der Waals surface area contributed by atoms with Gasteiger partial charge in [-0.25, -0.2) is 13.4 Å². The molecule has 11 heteroatoms. The number of benzene rings is 3. The van der Waals surface area contributed by atoms with E-state index in [1.165, 1.54) is 54.7 Å². The van der Waals surface area contributed by atoms with Crippen molar-refractivity contribution in [3.8, 4) is 10.6 Å². The van der Waals surface area contributed by atoms with Gasteiger partial charge in [0.05, 0.1) is 9.82 Å². The van der Waals surface area contributed by atoms with Crippen molar-refractivity contribution in [3.63, 3.8) is 0 Å². The Balaban J connectivity index is 1.44. The minimum Gasteiger partial charge on any atom is -0.322 e. The molecule has 0 radical (unpaired) electrons. The zero-order valence-corrected chi connectivity index (χ0v) is 19.4. The second-order valence-corrected chi connectivity index (χ2v) is 9.83. The molecule has 0 unspecified atom stereocenters. The normalized spacial score (nSPS) is 11.1. The van der Waals surface area contributed by atoms with Crippen molar-refractivity contribution in [2.45, 2.75) is 11.8 Å². The number of thiazole rings is 1. The Morgan fingerprint density at radius 3 is 2.29 bits per heavy atom. The molecule has 1 amide bonds. The lowest BCUT2D eigenvalue weighted by Gasteiger charge is -2.10. The number of nitrogens with one attached hydrogen (secondary N) is 2. The second-order valence-electron chi connectivity index (χ2n) is 7.26. The molecule has 0 aliphatic carbocycles. The third kappa shape index (κ3) is 5.11. The maximum Gasteiger partial charge on any atom is 0.273 e. The summed E-state index contributed by atoms with van der Waals surface area (Å²) in [6.07, 6.45) is 1.73. The number of nitro benzene ring substituents is 1. The Kier molecular flexibility index (Phi) is 6.39. The molecule has 0 spiro atoms. The third-order valence-electron chi connectivity index (χ3n) is 4.91. The summed E-state index contributed by atoms with van der Waals surface area (Å²) in [5.74, 6) is -0.356. The summed E-state index contributed by atoms with van der Waals surface area (Å²) >= 11 is 1.52. The number of hydrogen-bond acceptors (Lipinski definition) is 7. The van der Waals surface area contributed by atoms with Gasteiger partial charge in [0.15, 0.2) is 0 Å². The number of amides is 1. The van der Waals surface area contributed by atoms with Crippen LogP contribution >= 0.6 is 11.3 Å². The SMILES string of the molecule is Cc1ccc(S(=O)(=O)Nc2ccc(C(=O)Nc3ccc(-c4nccs4)cc3)cc2)cc1[N+](=O)[O-]. The Bertz CT molecular complexity index is 1450. The summed E-state index contributed by atoms with van der Waals surface area (Å²) in [5, 5.41) is 16.7. The van der Waals surface area contributed by atoms with Gasteiger partial charge < -0.3 is 5.32 Å². The number of nitrogens with zero attached hydrogens (tertiary/aromatic N) is 2. The van der Waals surface area contributed by atoms with Gasteiger partial charge in [-0.15, -0.1) is 11.3 Å². The van der Waals surface area contributed by atoms with Crippen molar-refractivity contribution < 1.29 is 18.1 Å². The molecule has 1 aromatic heterocycles. The Hall–Kier alpha value is -4.09. The largest absolute Gasteiger partial charge is 0.322 e. The first-order valence-corrected chi connectivity index (χ1v) is 12.3. The average molecular weight is 495 g/mol. The molecule has 0 saturated heterocycles. The molecular weight excluding hydrogens is 476 g/mol. The van der Waals surface area contributed by atoms with Crippen LogP contribution in [0.3, 0.4) is 0 Å². The Morgan fingerprint density at radius 2 is 1.68 bits per heavy atom. The number of anilines is 2. The highest BCUT2D eigenvalue weighted by Gasteiger charge is 2.20. The minimum atomic E-state index is -4.05. The highest BCUT2D eigenvalue weighted by molar-refractivity contribution is 7.92. The fraction of sp³-hybridized carbons (Fsp3) is 0.0435. The quantitative estimate of drug-likeness (QED) is 0.272. The van der Waals surface area contributed by atoms with Gasteiger partial charge >= 0.3 is 0 Å². The summed E-state index contributed by atoms with van der Waals surface area (Å²) in [5.41, 5.74) is 2.18. The standard InChI is InChI=1S/C23H18N4O5S2/c1-15-2-11-20(14-21(15)27(29)30)34(31,32)26-19-9-3-16(4-10-19)22(28)25-18-7-5-17(6-8-18)23-24-12-13-33-23/h2-14,26H,1H3,(H,25,28). The topological polar surface area (TPSA) is 131 Å². The molecule has 1 heterocycles. The number of carbonyl (C=O) groups excluding carboxylic acids is 1. The lowest BCUT2D eigenvalue weighted by molar-refractivity contribution is -0.385. The van der Waals surface area contributed by atoms with Gasteiger partial charge in [-0.2, -0.15) is 0 Å². The van der Waals surface area contributed by atoms with Gasteiger partial charge in [0, 0.05) is 45.7 Å². The number of nitro groups is 1. The molecule has 4 rings (SSSR count). The van der Waals surface area contributed by atoms with Gasteiger partial charge in [-0.05, 0) is 61.5 Å². The van der Waals surface area contributed by atoms with Crippen LogP contribution in [0.5, 0.6) is 0 Å². The van der Waals surface area contributed by atoms with Crippen molar-refractivity contribution in [2.75, 3.05) is 10.0 Å². The summed E-state index contributed by atoms with van der Waals surface area (Å²) < 4.78 is 27.7. The van der Waals surface area contributed by atoms with E-state index in [1.807, 2.05) is 17.5 Å². The monoisotopic (exact) mass is 494 g/mol. The van der Waals surface area contributed by atoms with Crippen LogP contribution in [0.1, 0.15) is 15.9 Å². The second kappa shape index (κ2) is 9.41. The summed E-state index contributed by atoms with van der Waals surface area (Å²) in [6, 6.07) is 16.8.